The van der Waals surface area contributed by atoms with Gasteiger partial charge in [-0.1, -0.05) is 0 Å². The molecular formula is C8H4N2Se. The molecule has 11 heavy (non-hydrogen) atoms. The van der Waals surface area contributed by atoms with Crippen molar-refractivity contribution in [2.75, 3.05) is 0 Å². The third kappa shape index (κ3) is 0.970. The van der Waals surface area contributed by atoms with E-state index in [1.165, 1.54) is 4.26 Å². The standard InChI is InChI=1S/C8H4N2Se/c9-5-7-6-3-1-2-4-8(6)11-10-7/h1-4H. The van der Waals surface area contributed by atoms with Crippen molar-refractivity contribution in [1.29, 1.82) is 5.26 Å². The van der Waals surface area contributed by atoms with Gasteiger partial charge in [-0.3, -0.25) is 0 Å². The predicted molar refractivity (Wildman–Crippen MR) is 43.4 cm³/mol. The van der Waals surface area contributed by atoms with Crippen LogP contribution in [-0.4, -0.2) is 18.7 Å². The van der Waals surface area contributed by atoms with E-state index >= 15 is 0 Å². The van der Waals surface area contributed by atoms with E-state index in [2.05, 4.69) is 10.0 Å². The van der Waals surface area contributed by atoms with E-state index in [4.69, 9.17) is 5.26 Å². The Kier molecular flexibility index (Phi) is 1.50. The van der Waals surface area contributed by atoms with Crippen molar-refractivity contribution in [2.45, 2.75) is 0 Å². The summed E-state index contributed by atoms with van der Waals surface area (Å²) >= 11 is 0.141. The molecule has 0 atom stereocenters. The molecule has 1 aromatic heterocycles. The van der Waals surface area contributed by atoms with Crippen LogP contribution in [0.15, 0.2) is 24.3 Å². The summed E-state index contributed by atoms with van der Waals surface area (Å²) in [5.41, 5.74) is 0.598. The maximum atomic E-state index is 8.64. The van der Waals surface area contributed by atoms with Crippen molar-refractivity contribution in [1.82, 2.24) is 3.98 Å². The van der Waals surface area contributed by atoms with Crippen molar-refractivity contribution in [3.05, 3.63) is 30.0 Å². The topological polar surface area (TPSA) is 36.7 Å². The van der Waals surface area contributed by atoms with E-state index in [0.717, 1.165) is 5.39 Å². The fraction of sp³-hybridized carbons (Fsp3) is 0. The molecule has 0 aliphatic carbocycles. The second-order valence-corrected chi connectivity index (χ2v) is 3.83. The Morgan fingerprint density at radius 1 is 1.36 bits per heavy atom. The van der Waals surface area contributed by atoms with Crippen molar-refractivity contribution in [2.24, 2.45) is 0 Å². The number of benzene rings is 1. The molecule has 3 heteroatoms. The number of rotatable bonds is 0. The number of fused-ring (bicyclic) bond motifs is 1. The molecule has 0 unspecified atom stereocenters. The number of hydrogen-bond donors (Lipinski definition) is 0. The van der Waals surface area contributed by atoms with Crippen molar-refractivity contribution >= 4 is 24.4 Å². The van der Waals surface area contributed by atoms with Crippen LogP contribution < -0.4 is 0 Å². The van der Waals surface area contributed by atoms with E-state index in [0.29, 0.717) is 5.69 Å². The Bertz CT molecular complexity index is 425. The van der Waals surface area contributed by atoms with Gasteiger partial charge in [-0.05, 0) is 0 Å². The first-order valence-corrected chi connectivity index (χ1v) is 4.78. The summed E-state index contributed by atoms with van der Waals surface area (Å²) in [6, 6.07) is 9.99. The van der Waals surface area contributed by atoms with Crippen LogP contribution in [0.4, 0.5) is 0 Å². The van der Waals surface area contributed by atoms with Crippen molar-refractivity contribution in [3.63, 3.8) is 0 Å². The average molecular weight is 207 g/mol. The van der Waals surface area contributed by atoms with Crippen LogP contribution in [0.2, 0.25) is 0 Å². The quantitative estimate of drug-likeness (QED) is 0.608. The van der Waals surface area contributed by atoms with E-state index in [-0.39, 0.29) is 14.7 Å². The molecule has 0 aliphatic rings. The van der Waals surface area contributed by atoms with Crippen LogP contribution in [0.3, 0.4) is 0 Å². The van der Waals surface area contributed by atoms with Gasteiger partial charge in [0.05, 0.1) is 0 Å². The van der Waals surface area contributed by atoms with E-state index in [1.54, 1.807) is 0 Å². The van der Waals surface area contributed by atoms with Gasteiger partial charge in [0.25, 0.3) is 0 Å². The Balaban J connectivity index is 2.89. The molecule has 0 fully saturated rings. The van der Waals surface area contributed by atoms with Crippen LogP contribution >= 0.6 is 0 Å². The van der Waals surface area contributed by atoms with E-state index in [9.17, 15) is 0 Å². The Labute approximate surface area is 70.1 Å². The molecule has 0 bridgehead atoms. The third-order valence-corrected chi connectivity index (χ3v) is 3.22. The fourth-order valence-corrected chi connectivity index (χ4v) is 2.50. The Hall–Kier alpha value is -1.10. The van der Waals surface area contributed by atoms with Gasteiger partial charge in [-0.15, -0.1) is 0 Å². The Morgan fingerprint density at radius 2 is 2.18 bits per heavy atom. The first kappa shape index (κ1) is 6.60. The van der Waals surface area contributed by atoms with E-state index < -0.39 is 0 Å². The summed E-state index contributed by atoms with van der Waals surface area (Å²) in [6.07, 6.45) is 0. The summed E-state index contributed by atoms with van der Waals surface area (Å²) in [5, 5.41) is 9.67. The number of aromatic nitrogens is 1. The predicted octanol–water partition coefficient (Wildman–Crippen LogP) is 1.16. The molecule has 2 aromatic rings. The molecule has 0 saturated carbocycles. The van der Waals surface area contributed by atoms with Crippen LogP contribution in [0.1, 0.15) is 5.69 Å². The molecule has 2 nitrogen and oxygen atoms in total. The van der Waals surface area contributed by atoms with Crippen molar-refractivity contribution < 1.29 is 0 Å². The maximum absolute atomic E-state index is 8.64. The van der Waals surface area contributed by atoms with Gasteiger partial charge in [-0.25, -0.2) is 0 Å². The molecule has 0 saturated heterocycles. The van der Waals surface area contributed by atoms with Gasteiger partial charge >= 0.3 is 69.6 Å². The molecule has 0 amide bonds. The zero-order chi connectivity index (χ0) is 7.68. The molecule has 1 heterocycles. The van der Waals surface area contributed by atoms with Gasteiger partial charge in [0, 0.05) is 0 Å². The Morgan fingerprint density at radius 3 is 3.00 bits per heavy atom. The number of hydrogen-bond acceptors (Lipinski definition) is 2. The van der Waals surface area contributed by atoms with Gasteiger partial charge in [-0.2, -0.15) is 0 Å². The normalized spacial score (nSPS) is 9.73. The number of nitriles is 1. The molecule has 52 valence electrons. The van der Waals surface area contributed by atoms with Crippen LogP contribution in [0.5, 0.6) is 0 Å². The fourth-order valence-electron chi connectivity index (χ4n) is 0.967. The monoisotopic (exact) mass is 208 g/mol. The van der Waals surface area contributed by atoms with Gasteiger partial charge in [0.2, 0.25) is 0 Å². The molecular weight excluding hydrogens is 203 g/mol. The zero-order valence-corrected chi connectivity index (χ0v) is 7.33. The SMILES string of the molecule is N#Cc1n[se]c2ccccc12. The summed E-state index contributed by atoms with van der Waals surface area (Å²) in [4.78, 5) is 0. The summed E-state index contributed by atoms with van der Waals surface area (Å²) in [5.74, 6) is 0. The molecule has 0 spiro atoms. The molecule has 1 aromatic carbocycles. The minimum atomic E-state index is 0.141. The first-order chi connectivity index (χ1) is 5.42. The molecule has 0 aliphatic heterocycles. The van der Waals surface area contributed by atoms with Crippen LogP contribution in [-0.2, 0) is 0 Å². The van der Waals surface area contributed by atoms with Gasteiger partial charge in [0.1, 0.15) is 0 Å². The average Bonchev–Trinajstić information content (AvgIpc) is 2.47. The second kappa shape index (κ2) is 2.50. The molecule has 2 rings (SSSR count). The molecule has 0 radical (unpaired) electrons. The summed E-state index contributed by atoms with van der Waals surface area (Å²) in [6.45, 7) is 0. The number of nitrogens with zero attached hydrogens (tertiary/aromatic N) is 2. The van der Waals surface area contributed by atoms with Gasteiger partial charge < -0.3 is 0 Å². The molecule has 0 N–H and O–H groups in total. The van der Waals surface area contributed by atoms with Crippen LogP contribution in [0.25, 0.3) is 9.65 Å². The van der Waals surface area contributed by atoms with Crippen molar-refractivity contribution in [3.8, 4) is 6.07 Å². The second-order valence-electron chi connectivity index (χ2n) is 2.14. The summed E-state index contributed by atoms with van der Waals surface area (Å²) < 4.78 is 5.36. The first-order valence-electron chi connectivity index (χ1n) is 3.16. The van der Waals surface area contributed by atoms with E-state index in [1.807, 2.05) is 24.3 Å². The zero-order valence-electron chi connectivity index (χ0n) is 5.61. The van der Waals surface area contributed by atoms with Crippen LogP contribution in [0, 0.1) is 11.3 Å². The third-order valence-electron chi connectivity index (χ3n) is 1.48. The summed E-state index contributed by atoms with van der Waals surface area (Å²) in [7, 11) is 0. The van der Waals surface area contributed by atoms with Gasteiger partial charge in [0.15, 0.2) is 0 Å². The minimum absolute atomic E-state index is 0.141.